The average molecular weight is 372 g/mol. The van der Waals surface area contributed by atoms with E-state index in [1.54, 1.807) is 0 Å². The van der Waals surface area contributed by atoms with E-state index in [0.29, 0.717) is 6.04 Å². The Hall–Kier alpha value is 0.300. The first-order chi connectivity index (χ1) is 9.22. The van der Waals surface area contributed by atoms with Crippen LogP contribution < -0.4 is 5.32 Å². The second-order valence-corrected chi connectivity index (χ2v) is 6.56. The molecule has 1 heterocycles. The molecule has 2 nitrogen and oxygen atoms in total. The quantitative estimate of drug-likeness (QED) is 0.832. The second-order valence-electron chi connectivity index (χ2n) is 5.68. The van der Waals surface area contributed by atoms with Crippen molar-refractivity contribution in [1.29, 1.82) is 0 Å². The molecule has 0 bridgehead atoms. The summed E-state index contributed by atoms with van der Waals surface area (Å²) in [4.78, 5) is 2.58. The molecule has 1 aliphatic carbocycles. The molecule has 21 heavy (non-hydrogen) atoms. The molecule has 3 rings (SSSR count). The van der Waals surface area contributed by atoms with Crippen molar-refractivity contribution in [3.05, 3.63) is 33.8 Å². The van der Waals surface area contributed by atoms with E-state index in [1.807, 2.05) is 6.07 Å². The van der Waals surface area contributed by atoms with Gasteiger partial charge in [0.2, 0.25) is 0 Å². The summed E-state index contributed by atoms with van der Waals surface area (Å²) < 4.78 is 0. The molecule has 0 radical (unpaired) electrons. The summed E-state index contributed by atoms with van der Waals surface area (Å²) >= 11 is 12.3. The van der Waals surface area contributed by atoms with Crippen LogP contribution in [0, 0.1) is 5.92 Å². The normalized spacial score (nSPS) is 20.3. The van der Waals surface area contributed by atoms with Crippen LogP contribution in [0.1, 0.15) is 30.9 Å². The lowest BCUT2D eigenvalue weighted by Gasteiger charge is -2.35. The highest BCUT2D eigenvalue weighted by molar-refractivity contribution is 6.34. The molecule has 2 aliphatic rings. The molecule has 1 aromatic carbocycles. The van der Waals surface area contributed by atoms with Gasteiger partial charge in [0.05, 0.1) is 0 Å². The number of benzene rings is 1. The van der Waals surface area contributed by atoms with Gasteiger partial charge in [0.15, 0.2) is 0 Å². The van der Waals surface area contributed by atoms with Crippen LogP contribution in [0.25, 0.3) is 0 Å². The lowest BCUT2D eigenvalue weighted by atomic mass is 9.98. The average Bonchev–Trinajstić information content (AvgIpc) is 3.20. The summed E-state index contributed by atoms with van der Waals surface area (Å²) in [5.41, 5.74) is 1.28. The van der Waals surface area contributed by atoms with Crippen molar-refractivity contribution < 1.29 is 0 Å². The minimum atomic E-state index is 0. The van der Waals surface area contributed by atoms with Gasteiger partial charge in [-0.3, -0.25) is 4.90 Å². The maximum absolute atomic E-state index is 6.17. The van der Waals surface area contributed by atoms with E-state index >= 15 is 0 Å². The first-order valence-corrected chi connectivity index (χ1v) is 7.89. The fourth-order valence-electron chi connectivity index (χ4n) is 2.93. The Kier molecular flexibility index (Phi) is 8.11. The third kappa shape index (κ3) is 5.46. The van der Waals surface area contributed by atoms with Crippen LogP contribution in [0.4, 0.5) is 0 Å². The van der Waals surface area contributed by atoms with Crippen molar-refractivity contribution in [3.63, 3.8) is 0 Å². The zero-order valence-corrected chi connectivity index (χ0v) is 15.0. The molecule has 1 atom stereocenters. The summed E-state index contributed by atoms with van der Waals surface area (Å²) in [5, 5.41) is 4.92. The lowest BCUT2D eigenvalue weighted by Crippen LogP contribution is -2.45. The number of nitrogens with zero attached hydrogens (tertiary/aromatic N) is 1. The van der Waals surface area contributed by atoms with E-state index in [9.17, 15) is 0 Å². The van der Waals surface area contributed by atoms with Crippen LogP contribution in [0.2, 0.25) is 10.0 Å². The molecule has 6 heteroatoms. The van der Waals surface area contributed by atoms with E-state index in [-0.39, 0.29) is 24.8 Å². The fraction of sp³-hybridized carbons (Fsp3) is 0.600. The highest BCUT2D eigenvalue weighted by Gasteiger charge is 2.30. The molecular weight excluding hydrogens is 350 g/mol. The SMILES string of the molecule is Cl.Cl.Clc1cc(Cl)cc([C@H](CC2CC2)N2CCNCC2)c1. The number of nitrogens with one attached hydrogen (secondary N) is 1. The lowest BCUT2D eigenvalue weighted by molar-refractivity contribution is 0.160. The van der Waals surface area contributed by atoms with Gasteiger partial charge in [0.25, 0.3) is 0 Å². The van der Waals surface area contributed by atoms with Crippen molar-refractivity contribution >= 4 is 48.0 Å². The van der Waals surface area contributed by atoms with Gasteiger partial charge in [-0.15, -0.1) is 24.8 Å². The number of piperazine rings is 1. The van der Waals surface area contributed by atoms with Crippen molar-refractivity contribution in [2.24, 2.45) is 5.92 Å². The summed E-state index contributed by atoms with van der Waals surface area (Å²) in [6.07, 6.45) is 4.02. The predicted octanol–water partition coefficient (Wildman–Crippen LogP) is 4.58. The fourth-order valence-corrected chi connectivity index (χ4v) is 3.47. The molecular formula is C15H22Cl4N2. The van der Waals surface area contributed by atoms with Crippen molar-refractivity contribution in [2.75, 3.05) is 26.2 Å². The zero-order valence-electron chi connectivity index (χ0n) is 11.9. The minimum Gasteiger partial charge on any atom is -0.314 e. The maximum Gasteiger partial charge on any atom is 0.0424 e. The van der Waals surface area contributed by atoms with Crippen molar-refractivity contribution in [1.82, 2.24) is 10.2 Å². The Morgan fingerprint density at radius 2 is 1.62 bits per heavy atom. The molecule has 0 unspecified atom stereocenters. The molecule has 0 amide bonds. The van der Waals surface area contributed by atoms with Crippen LogP contribution in [-0.4, -0.2) is 31.1 Å². The van der Waals surface area contributed by atoms with E-state index in [2.05, 4.69) is 22.3 Å². The standard InChI is InChI=1S/C15H20Cl2N2.2ClH/c16-13-8-12(9-14(17)10-13)15(7-11-1-2-11)19-5-3-18-4-6-19;;/h8-11,15,18H,1-7H2;2*1H/t15-;;/m0../s1. The molecule has 1 saturated heterocycles. The Bertz CT molecular complexity index is 425. The van der Waals surface area contributed by atoms with Gasteiger partial charge in [-0.1, -0.05) is 36.0 Å². The smallest absolute Gasteiger partial charge is 0.0424 e. The van der Waals surface area contributed by atoms with Crippen LogP contribution in [-0.2, 0) is 0 Å². The summed E-state index contributed by atoms with van der Waals surface area (Å²) in [5.74, 6) is 0.901. The van der Waals surface area contributed by atoms with Crippen molar-refractivity contribution in [3.8, 4) is 0 Å². The largest absolute Gasteiger partial charge is 0.314 e. The van der Waals surface area contributed by atoms with Gasteiger partial charge < -0.3 is 5.32 Å². The Morgan fingerprint density at radius 3 is 2.14 bits per heavy atom. The molecule has 2 fully saturated rings. The Morgan fingerprint density at radius 1 is 1.05 bits per heavy atom. The van der Waals surface area contributed by atoms with E-state index < -0.39 is 0 Å². The molecule has 1 saturated carbocycles. The van der Waals surface area contributed by atoms with E-state index in [4.69, 9.17) is 23.2 Å². The Labute approximate surface area is 149 Å². The van der Waals surface area contributed by atoms with Gasteiger partial charge in [-0.2, -0.15) is 0 Å². The van der Waals surface area contributed by atoms with Crippen LogP contribution in [0.5, 0.6) is 0 Å². The first kappa shape index (κ1) is 19.3. The molecule has 0 spiro atoms. The third-order valence-corrected chi connectivity index (χ3v) is 4.55. The Balaban J connectivity index is 0.00000110. The molecule has 1 N–H and O–H groups in total. The summed E-state index contributed by atoms with van der Waals surface area (Å²) in [7, 11) is 0. The molecule has 0 aromatic heterocycles. The van der Waals surface area contributed by atoms with Crippen LogP contribution >= 0.6 is 48.0 Å². The third-order valence-electron chi connectivity index (χ3n) is 4.12. The zero-order chi connectivity index (χ0) is 13.2. The van der Waals surface area contributed by atoms with Gasteiger partial charge >= 0.3 is 0 Å². The summed E-state index contributed by atoms with van der Waals surface area (Å²) in [6.45, 7) is 4.38. The molecule has 1 aliphatic heterocycles. The van der Waals surface area contributed by atoms with Gasteiger partial charge in [-0.25, -0.2) is 0 Å². The van der Waals surface area contributed by atoms with Crippen LogP contribution in [0.3, 0.4) is 0 Å². The highest BCUT2D eigenvalue weighted by atomic mass is 35.5. The molecule has 120 valence electrons. The van der Waals surface area contributed by atoms with E-state index in [0.717, 1.165) is 42.1 Å². The number of hydrogen-bond acceptors (Lipinski definition) is 2. The van der Waals surface area contributed by atoms with Crippen LogP contribution in [0.15, 0.2) is 18.2 Å². The highest BCUT2D eigenvalue weighted by Crippen LogP contribution is 2.41. The van der Waals surface area contributed by atoms with Gasteiger partial charge in [0, 0.05) is 42.3 Å². The number of rotatable bonds is 4. The predicted molar refractivity (Wildman–Crippen MR) is 95.5 cm³/mol. The maximum atomic E-state index is 6.17. The topological polar surface area (TPSA) is 15.3 Å². The first-order valence-electron chi connectivity index (χ1n) is 7.13. The minimum absolute atomic E-state index is 0. The second kappa shape index (κ2) is 8.81. The summed E-state index contributed by atoms with van der Waals surface area (Å²) in [6, 6.07) is 6.47. The number of halogens is 4. The molecule has 1 aromatic rings. The van der Waals surface area contributed by atoms with E-state index in [1.165, 1.54) is 24.8 Å². The van der Waals surface area contributed by atoms with Crippen molar-refractivity contribution in [2.45, 2.75) is 25.3 Å². The number of hydrogen-bond donors (Lipinski definition) is 1. The monoisotopic (exact) mass is 370 g/mol. The van der Waals surface area contributed by atoms with Gasteiger partial charge in [-0.05, 0) is 36.1 Å². The van der Waals surface area contributed by atoms with Gasteiger partial charge in [0.1, 0.15) is 0 Å².